The average molecular weight is 335 g/mol. The summed E-state index contributed by atoms with van der Waals surface area (Å²) in [5.74, 6) is -2.08. The highest BCUT2D eigenvalue weighted by molar-refractivity contribution is 7.58. The number of carbonyl (C=O) groups is 2. The Labute approximate surface area is 131 Å². The molecule has 0 spiro atoms. The molecule has 22 heavy (non-hydrogen) atoms. The molecule has 0 aliphatic carbocycles. The minimum absolute atomic E-state index is 0.0237. The van der Waals surface area contributed by atoms with E-state index >= 15 is 0 Å². The fourth-order valence-corrected chi connectivity index (χ4v) is 4.14. The number of carboxylic acids is 2. The van der Waals surface area contributed by atoms with Crippen molar-refractivity contribution in [3.8, 4) is 0 Å². The lowest BCUT2D eigenvalue weighted by molar-refractivity contribution is -0.138. The second-order valence-corrected chi connectivity index (χ2v) is 8.26. The smallest absolute Gasteiger partial charge is 0.331 e. The van der Waals surface area contributed by atoms with Crippen molar-refractivity contribution in [2.24, 2.45) is 5.92 Å². The molecule has 1 atom stereocenters. The second-order valence-electron chi connectivity index (χ2n) is 5.89. The second kappa shape index (κ2) is 9.77. The fraction of sp³-hybridized carbons (Fsp3) is 0.714. The Morgan fingerprint density at radius 3 is 2.32 bits per heavy atom. The fourth-order valence-electron chi connectivity index (χ4n) is 2.07. The van der Waals surface area contributed by atoms with Gasteiger partial charge in [0.1, 0.15) is 0 Å². The SMILES string of the molecule is CC(C)CP(=O)(O)C/C(=C/CCCN(C)CC(=O)O)C(=O)O. The van der Waals surface area contributed by atoms with E-state index in [1.54, 1.807) is 11.9 Å². The van der Waals surface area contributed by atoms with Gasteiger partial charge in [0.15, 0.2) is 0 Å². The van der Waals surface area contributed by atoms with Crippen LogP contribution in [0.15, 0.2) is 11.6 Å². The van der Waals surface area contributed by atoms with Gasteiger partial charge in [0.05, 0.1) is 12.7 Å². The number of unbranched alkanes of at least 4 members (excludes halogenated alkanes) is 1. The normalized spacial score (nSPS) is 15.1. The lowest BCUT2D eigenvalue weighted by Gasteiger charge is -2.15. The third-order valence-corrected chi connectivity index (χ3v) is 5.02. The van der Waals surface area contributed by atoms with E-state index in [-0.39, 0.29) is 30.4 Å². The number of allylic oxidation sites excluding steroid dienone is 1. The molecule has 128 valence electrons. The standard InChI is InChI=1S/C14H26NO6P/c1-11(2)9-22(20,21)10-12(14(18)19)6-4-5-7-15(3)8-13(16)17/h6,11H,4-5,7-10H2,1-3H3,(H,16,17)(H,18,19)(H,20,21)/b12-6-. The summed E-state index contributed by atoms with van der Waals surface area (Å²) in [5.41, 5.74) is -0.0487. The Balaban J connectivity index is 4.48. The zero-order valence-corrected chi connectivity index (χ0v) is 14.3. The highest BCUT2D eigenvalue weighted by Gasteiger charge is 2.24. The maximum atomic E-state index is 12.0. The highest BCUT2D eigenvalue weighted by atomic mass is 31.2. The minimum Gasteiger partial charge on any atom is -0.480 e. The van der Waals surface area contributed by atoms with Gasteiger partial charge >= 0.3 is 11.9 Å². The first-order chi connectivity index (χ1) is 10.0. The maximum absolute atomic E-state index is 12.0. The molecule has 0 amide bonds. The molecule has 0 bridgehead atoms. The third-order valence-electron chi connectivity index (χ3n) is 2.88. The van der Waals surface area contributed by atoms with Crippen molar-refractivity contribution >= 4 is 19.3 Å². The van der Waals surface area contributed by atoms with Crippen LogP contribution in [-0.2, 0) is 14.2 Å². The van der Waals surface area contributed by atoms with Gasteiger partial charge in [-0.3, -0.25) is 14.3 Å². The molecule has 0 fully saturated rings. The molecule has 0 aromatic rings. The summed E-state index contributed by atoms with van der Waals surface area (Å²) >= 11 is 0. The summed E-state index contributed by atoms with van der Waals surface area (Å²) < 4.78 is 12.0. The first-order valence-corrected chi connectivity index (χ1v) is 9.20. The van der Waals surface area contributed by atoms with Crippen molar-refractivity contribution in [2.45, 2.75) is 26.7 Å². The van der Waals surface area contributed by atoms with E-state index in [2.05, 4.69) is 0 Å². The molecular formula is C14H26NO6P. The zero-order chi connectivity index (χ0) is 17.3. The number of likely N-dealkylation sites (N-methyl/N-ethyl adjacent to an activating group) is 1. The van der Waals surface area contributed by atoms with E-state index in [9.17, 15) is 19.0 Å². The quantitative estimate of drug-likeness (QED) is 0.299. The lowest BCUT2D eigenvalue weighted by atomic mass is 10.2. The van der Waals surface area contributed by atoms with Crippen LogP contribution in [0, 0.1) is 5.92 Å². The summed E-state index contributed by atoms with van der Waals surface area (Å²) in [5, 5.41) is 17.7. The van der Waals surface area contributed by atoms with Gasteiger partial charge in [-0.25, -0.2) is 4.79 Å². The van der Waals surface area contributed by atoms with Crippen LogP contribution in [0.3, 0.4) is 0 Å². The van der Waals surface area contributed by atoms with Crippen LogP contribution in [-0.4, -0.2) is 64.4 Å². The van der Waals surface area contributed by atoms with Crippen LogP contribution < -0.4 is 0 Å². The highest BCUT2D eigenvalue weighted by Crippen LogP contribution is 2.44. The van der Waals surface area contributed by atoms with E-state index < -0.39 is 19.3 Å². The predicted octanol–water partition coefficient (Wildman–Crippen LogP) is 1.72. The molecule has 0 rings (SSSR count). The number of aliphatic carboxylic acids is 2. The monoisotopic (exact) mass is 335 g/mol. The van der Waals surface area contributed by atoms with Crippen molar-refractivity contribution in [1.82, 2.24) is 4.90 Å². The summed E-state index contributed by atoms with van der Waals surface area (Å²) in [4.78, 5) is 33.1. The van der Waals surface area contributed by atoms with Gasteiger partial charge in [0.2, 0.25) is 7.37 Å². The van der Waals surface area contributed by atoms with Gasteiger partial charge < -0.3 is 15.1 Å². The summed E-state index contributed by atoms with van der Waals surface area (Å²) in [6.45, 7) is 4.06. The molecule has 0 saturated carbocycles. The molecular weight excluding hydrogens is 309 g/mol. The molecule has 7 nitrogen and oxygen atoms in total. The number of carboxylic acid groups (broad SMARTS) is 2. The van der Waals surface area contributed by atoms with Crippen molar-refractivity contribution in [3.63, 3.8) is 0 Å². The molecule has 8 heteroatoms. The maximum Gasteiger partial charge on any atom is 0.331 e. The van der Waals surface area contributed by atoms with Crippen molar-refractivity contribution in [3.05, 3.63) is 11.6 Å². The Kier molecular flexibility index (Phi) is 9.25. The van der Waals surface area contributed by atoms with Gasteiger partial charge in [-0.15, -0.1) is 0 Å². The van der Waals surface area contributed by atoms with Crippen LogP contribution in [0.2, 0.25) is 0 Å². The first kappa shape index (κ1) is 20.8. The molecule has 0 radical (unpaired) electrons. The van der Waals surface area contributed by atoms with Crippen LogP contribution >= 0.6 is 7.37 Å². The molecule has 3 N–H and O–H groups in total. The summed E-state index contributed by atoms with van der Waals surface area (Å²) in [6.07, 6.45) is 2.23. The first-order valence-electron chi connectivity index (χ1n) is 7.17. The van der Waals surface area contributed by atoms with Gasteiger partial charge in [0, 0.05) is 11.7 Å². The Bertz CT molecular complexity index is 460. The van der Waals surface area contributed by atoms with Crippen LogP contribution in [0.1, 0.15) is 26.7 Å². The van der Waals surface area contributed by atoms with E-state index in [0.717, 1.165) is 0 Å². The molecule has 0 aliphatic rings. The van der Waals surface area contributed by atoms with Crippen molar-refractivity contribution in [1.29, 1.82) is 0 Å². The molecule has 0 heterocycles. The summed E-state index contributed by atoms with van der Waals surface area (Å²) in [6, 6.07) is 0. The Morgan fingerprint density at radius 2 is 1.86 bits per heavy atom. The third kappa shape index (κ3) is 10.5. The van der Waals surface area contributed by atoms with Crippen LogP contribution in [0.4, 0.5) is 0 Å². The van der Waals surface area contributed by atoms with E-state index in [1.807, 2.05) is 13.8 Å². The predicted molar refractivity (Wildman–Crippen MR) is 84.5 cm³/mol. The van der Waals surface area contributed by atoms with Gasteiger partial charge in [-0.05, 0) is 32.4 Å². The van der Waals surface area contributed by atoms with Crippen LogP contribution in [0.25, 0.3) is 0 Å². The molecule has 0 aromatic heterocycles. The molecule has 1 unspecified atom stereocenters. The number of nitrogens with zero attached hydrogens (tertiary/aromatic N) is 1. The van der Waals surface area contributed by atoms with E-state index in [0.29, 0.717) is 19.4 Å². The molecule has 0 aromatic carbocycles. The van der Waals surface area contributed by atoms with E-state index in [4.69, 9.17) is 10.2 Å². The van der Waals surface area contributed by atoms with Gasteiger partial charge in [-0.1, -0.05) is 19.9 Å². The topological polar surface area (TPSA) is 115 Å². The number of hydrogen-bond donors (Lipinski definition) is 3. The largest absolute Gasteiger partial charge is 0.480 e. The molecule has 0 saturated heterocycles. The Morgan fingerprint density at radius 1 is 1.27 bits per heavy atom. The number of rotatable bonds is 11. The zero-order valence-electron chi connectivity index (χ0n) is 13.4. The van der Waals surface area contributed by atoms with Crippen LogP contribution in [0.5, 0.6) is 0 Å². The Hall–Kier alpha value is -1.17. The lowest BCUT2D eigenvalue weighted by Crippen LogP contribution is -2.26. The van der Waals surface area contributed by atoms with Crippen molar-refractivity contribution < 1.29 is 29.3 Å². The van der Waals surface area contributed by atoms with Crippen molar-refractivity contribution in [2.75, 3.05) is 32.5 Å². The minimum atomic E-state index is -3.48. The van der Waals surface area contributed by atoms with Gasteiger partial charge in [-0.2, -0.15) is 0 Å². The molecule has 0 aliphatic heterocycles. The van der Waals surface area contributed by atoms with Gasteiger partial charge in [0.25, 0.3) is 0 Å². The summed E-state index contributed by atoms with van der Waals surface area (Å²) in [7, 11) is -1.82. The number of hydrogen-bond acceptors (Lipinski definition) is 4. The van der Waals surface area contributed by atoms with E-state index in [1.165, 1.54) is 6.08 Å². The average Bonchev–Trinajstić information content (AvgIpc) is 2.29.